The van der Waals surface area contributed by atoms with E-state index in [1.165, 1.54) is 11.3 Å². The van der Waals surface area contributed by atoms with Crippen LogP contribution in [-0.4, -0.2) is 6.29 Å². The van der Waals surface area contributed by atoms with Crippen LogP contribution in [-0.2, 0) is 0 Å². The summed E-state index contributed by atoms with van der Waals surface area (Å²) in [7, 11) is 0. The summed E-state index contributed by atoms with van der Waals surface area (Å²) in [6.45, 7) is 0. The lowest BCUT2D eigenvalue weighted by Gasteiger charge is -1.90. The van der Waals surface area contributed by atoms with E-state index >= 15 is 0 Å². The van der Waals surface area contributed by atoms with Crippen molar-refractivity contribution in [2.75, 3.05) is 0 Å². The molecule has 1 heterocycles. The molecule has 2 aromatic rings. The van der Waals surface area contributed by atoms with Crippen LogP contribution >= 0.6 is 27.3 Å². The van der Waals surface area contributed by atoms with Crippen LogP contribution in [0.2, 0.25) is 0 Å². The molecule has 4 heteroatoms. The molecule has 0 radical (unpaired) electrons. The number of nitrogens with zero attached hydrogens (tertiary/aromatic N) is 1. The van der Waals surface area contributed by atoms with E-state index in [2.05, 4.69) is 22.0 Å². The zero-order chi connectivity index (χ0) is 10.1. The number of rotatable bonds is 1. The minimum absolute atomic E-state index is 0.615. The highest BCUT2D eigenvalue weighted by molar-refractivity contribution is 9.11. The molecule has 0 saturated heterocycles. The van der Waals surface area contributed by atoms with Crippen molar-refractivity contribution >= 4 is 43.6 Å². The Morgan fingerprint density at radius 3 is 2.93 bits per heavy atom. The van der Waals surface area contributed by atoms with Crippen molar-refractivity contribution in [3.8, 4) is 6.07 Å². The third-order valence-electron chi connectivity index (χ3n) is 1.93. The average molecular weight is 266 g/mol. The van der Waals surface area contributed by atoms with Crippen LogP contribution in [0.4, 0.5) is 0 Å². The van der Waals surface area contributed by atoms with E-state index in [1.54, 1.807) is 18.2 Å². The number of nitriles is 1. The normalized spacial score (nSPS) is 10.0. The van der Waals surface area contributed by atoms with Crippen molar-refractivity contribution < 1.29 is 4.79 Å². The van der Waals surface area contributed by atoms with E-state index < -0.39 is 0 Å². The van der Waals surface area contributed by atoms with Gasteiger partial charge in [-0.25, -0.2) is 0 Å². The number of hydrogen-bond donors (Lipinski definition) is 0. The molecule has 0 aliphatic carbocycles. The van der Waals surface area contributed by atoms with E-state index in [1.807, 2.05) is 0 Å². The fraction of sp³-hybridized carbons (Fsp3) is 0. The number of carbonyl (C=O) groups is 1. The van der Waals surface area contributed by atoms with Crippen LogP contribution in [0.3, 0.4) is 0 Å². The predicted octanol–water partition coefficient (Wildman–Crippen LogP) is 3.35. The van der Waals surface area contributed by atoms with Crippen LogP contribution in [0.5, 0.6) is 0 Å². The minimum Gasteiger partial charge on any atom is -0.298 e. The Labute approximate surface area is 92.9 Å². The SMILES string of the molecule is N#Cc1ccc2c(C=O)c(Br)sc2c1. The summed E-state index contributed by atoms with van der Waals surface area (Å²) in [4.78, 5) is 10.8. The van der Waals surface area contributed by atoms with Gasteiger partial charge < -0.3 is 0 Å². The zero-order valence-electron chi connectivity index (χ0n) is 6.95. The number of hydrogen-bond acceptors (Lipinski definition) is 3. The van der Waals surface area contributed by atoms with E-state index in [0.717, 1.165) is 20.2 Å². The van der Waals surface area contributed by atoms with Gasteiger partial charge in [-0.1, -0.05) is 6.07 Å². The van der Waals surface area contributed by atoms with Gasteiger partial charge in [-0.05, 0) is 28.1 Å². The molecule has 2 rings (SSSR count). The molecule has 0 aliphatic rings. The second-order valence-corrected chi connectivity index (χ2v) is 5.10. The minimum atomic E-state index is 0.615. The Hall–Kier alpha value is -1.18. The van der Waals surface area contributed by atoms with Crippen LogP contribution in [0.1, 0.15) is 15.9 Å². The van der Waals surface area contributed by atoms with Gasteiger partial charge in [-0.3, -0.25) is 4.79 Å². The number of thiophene rings is 1. The van der Waals surface area contributed by atoms with E-state index in [9.17, 15) is 4.79 Å². The first kappa shape index (κ1) is 9.38. The number of carbonyl (C=O) groups excluding carboxylic acids is 1. The quantitative estimate of drug-likeness (QED) is 0.742. The van der Waals surface area contributed by atoms with Gasteiger partial charge in [0.25, 0.3) is 0 Å². The number of halogens is 1. The Morgan fingerprint density at radius 1 is 1.50 bits per heavy atom. The topological polar surface area (TPSA) is 40.9 Å². The summed E-state index contributed by atoms with van der Waals surface area (Å²) in [5.74, 6) is 0. The van der Waals surface area contributed by atoms with Crippen LogP contribution in [0, 0.1) is 11.3 Å². The standard InChI is InChI=1S/C10H4BrNOS/c11-10-8(5-13)7-2-1-6(4-12)3-9(7)14-10/h1-3,5H. The molecule has 0 unspecified atom stereocenters. The lowest BCUT2D eigenvalue weighted by molar-refractivity contribution is 0.112. The lowest BCUT2D eigenvalue weighted by Crippen LogP contribution is -1.77. The molecule has 0 N–H and O–H groups in total. The summed E-state index contributed by atoms with van der Waals surface area (Å²) < 4.78 is 1.77. The molecule has 68 valence electrons. The van der Waals surface area contributed by atoms with E-state index in [0.29, 0.717) is 11.1 Å². The van der Waals surface area contributed by atoms with Gasteiger partial charge in [-0.2, -0.15) is 5.26 Å². The molecule has 14 heavy (non-hydrogen) atoms. The first-order valence-electron chi connectivity index (χ1n) is 3.83. The Balaban J connectivity index is 2.82. The fourth-order valence-electron chi connectivity index (χ4n) is 1.27. The molecule has 0 amide bonds. The number of benzene rings is 1. The van der Waals surface area contributed by atoms with Crippen molar-refractivity contribution in [3.63, 3.8) is 0 Å². The highest BCUT2D eigenvalue weighted by Gasteiger charge is 2.09. The van der Waals surface area contributed by atoms with Crippen molar-refractivity contribution in [2.24, 2.45) is 0 Å². The second kappa shape index (κ2) is 3.52. The zero-order valence-corrected chi connectivity index (χ0v) is 9.35. The molecule has 0 saturated carbocycles. The summed E-state index contributed by atoms with van der Waals surface area (Å²) >= 11 is 4.79. The van der Waals surface area contributed by atoms with Crippen LogP contribution < -0.4 is 0 Å². The molecule has 0 spiro atoms. The monoisotopic (exact) mass is 265 g/mol. The summed E-state index contributed by atoms with van der Waals surface area (Å²) in [6.07, 6.45) is 0.828. The highest BCUT2D eigenvalue weighted by atomic mass is 79.9. The third-order valence-corrected chi connectivity index (χ3v) is 3.80. The van der Waals surface area contributed by atoms with E-state index in [4.69, 9.17) is 5.26 Å². The summed E-state index contributed by atoms with van der Waals surface area (Å²) in [6, 6.07) is 7.38. The molecule has 0 aliphatic heterocycles. The lowest BCUT2D eigenvalue weighted by atomic mass is 10.1. The average Bonchev–Trinajstić information content (AvgIpc) is 2.51. The van der Waals surface area contributed by atoms with Gasteiger partial charge in [0.2, 0.25) is 0 Å². The van der Waals surface area contributed by atoms with E-state index in [-0.39, 0.29) is 0 Å². The predicted molar refractivity (Wildman–Crippen MR) is 59.6 cm³/mol. The first-order valence-corrected chi connectivity index (χ1v) is 5.44. The molecule has 1 aromatic carbocycles. The molecule has 0 bridgehead atoms. The molecular formula is C10H4BrNOS. The molecule has 0 atom stereocenters. The summed E-state index contributed by atoms with van der Waals surface area (Å²) in [5, 5.41) is 9.60. The number of fused-ring (bicyclic) bond motifs is 1. The summed E-state index contributed by atoms with van der Waals surface area (Å²) in [5.41, 5.74) is 1.28. The van der Waals surface area contributed by atoms with Crippen molar-refractivity contribution in [2.45, 2.75) is 0 Å². The Bertz CT molecular complexity index is 553. The molecule has 2 nitrogen and oxygen atoms in total. The van der Waals surface area contributed by atoms with Gasteiger partial charge in [0, 0.05) is 15.6 Å². The third kappa shape index (κ3) is 1.35. The van der Waals surface area contributed by atoms with Crippen molar-refractivity contribution in [1.29, 1.82) is 5.26 Å². The maximum Gasteiger partial charge on any atom is 0.152 e. The molecule has 0 fully saturated rings. The van der Waals surface area contributed by atoms with Crippen molar-refractivity contribution in [1.82, 2.24) is 0 Å². The molecule has 1 aromatic heterocycles. The van der Waals surface area contributed by atoms with Crippen LogP contribution in [0.15, 0.2) is 22.0 Å². The van der Waals surface area contributed by atoms with Gasteiger partial charge in [-0.15, -0.1) is 11.3 Å². The van der Waals surface area contributed by atoms with Gasteiger partial charge in [0.1, 0.15) is 0 Å². The van der Waals surface area contributed by atoms with Crippen molar-refractivity contribution in [3.05, 3.63) is 33.1 Å². The maximum atomic E-state index is 10.8. The van der Waals surface area contributed by atoms with Gasteiger partial charge in [0.15, 0.2) is 6.29 Å². The van der Waals surface area contributed by atoms with Gasteiger partial charge in [0.05, 0.1) is 15.4 Å². The Morgan fingerprint density at radius 2 is 2.29 bits per heavy atom. The highest BCUT2D eigenvalue weighted by Crippen LogP contribution is 2.34. The Kier molecular flexibility index (Phi) is 2.36. The fourth-order valence-corrected chi connectivity index (χ4v) is 3.03. The van der Waals surface area contributed by atoms with Crippen LogP contribution in [0.25, 0.3) is 10.1 Å². The maximum absolute atomic E-state index is 10.8. The number of aldehydes is 1. The first-order chi connectivity index (χ1) is 6.76. The smallest absolute Gasteiger partial charge is 0.152 e. The van der Waals surface area contributed by atoms with Gasteiger partial charge >= 0.3 is 0 Å². The largest absolute Gasteiger partial charge is 0.298 e. The molecular weight excluding hydrogens is 262 g/mol. The second-order valence-electron chi connectivity index (χ2n) is 2.73.